The van der Waals surface area contributed by atoms with E-state index in [1.165, 1.54) is 0 Å². The lowest BCUT2D eigenvalue weighted by molar-refractivity contribution is -0.138. The molecule has 0 spiro atoms. The SMILES string of the molecule is CCOC(=O)/C(C)=C/c1cc(Br)ccc1Cl. The molecule has 2 nitrogen and oxygen atoms in total. The van der Waals surface area contributed by atoms with Crippen LogP contribution in [0, 0.1) is 0 Å². The Kier molecular flexibility index (Phi) is 5.03. The molecule has 0 amide bonds. The third-order valence-electron chi connectivity index (χ3n) is 1.93. The fraction of sp³-hybridized carbons (Fsp3) is 0.250. The first-order valence-electron chi connectivity index (χ1n) is 4.85. The lowest BCUT2D eigenvalue weighted by Crippen LogP contribution is -2.04. The molecule has 0 unspecified atom stereocenters. The second-order valence-electron chi connectivity index (χ2n) is 3.21. The summed E-state index contributed by atoms with van der Waals surface area (Å²) in [5.74, 6) is -0.321. The first-order valence-corrected chi connectivity index (χ1v) is 6.02. The topological polar surface area (TPSA) is 26.3 Å². The number of carbonyl (C=O) groups excluding carboxylic acids is 1. The molecular weight excluding hydrogens is 291 g/mol. The van der Waals surface area contributed by atoms with Gasteiger partial charge in [0, 0.05) is 15.1 Å². The Balaban J connectivity index is 2.97. The Morgan fingerprint density at radius 1 is 1.56 bits per heavy atom. The number of benzene rings is 1. The third-order valence-corrected chi connectivity index (χ3v) is 2.76. The van der Waals surface area contributed by atoms with E-state index in [0.29, 0.717) is 17.2 Å². The van der Waals surface area contributed by atoms with Crippen molar-refractivity contribution < 1.29 is 9.53 Å². The van der Waals surface area contributed by atoms with E-state index >= 15 is 0 Å². The van der Waals surface area contributed by atoms with Crippen molar-refractivity contribution in [3.05, 3.63) is 38.8 Å². The summed E-state index contributed by atoms with van der Waals surface area (Å²) in [6.45, 7) is 3.85. The number of ether oxygens (including phenoxy) is 1. The molecule has 0 atom stereocenters. The van der Waals surface area contributed by atoms with Crippen LogP contribution in [0.4, 0.5) is 0 Å². The maximum absolute atomic E-state index is 11.4. The first-order chi connectivity index (χ1) is 7.54. The zero-order chi connectivity index (χ0) is 12.1. The van der Waals surface area contributed by atoms with E-state index in [0.717, 1.165) is 10.0 Å². The van der Waals surface area contributed by atoms with E-state index in [1.807, 2.05) is 12.1 Å². The van der Waals surface area contributed by atoms with Gasteiger partial charge in [0.15, 0.2) is 0 Å². The minimum absolute atomic E-state index is 0.321. The normalized spacial score (nSPS) is 11.4. The Morgan fingerprint density at radius 3 is 2.88 bits per heavy atom. The minimum Gasteiger partial charge on any atom is -0.463 e. The fourth-order valence-electron chi connectivity index (χ4n) is 1.16. The maximum atomic E-state index is 11.4. The molecule has 4 heteroatoms. The van der Waals surface area contributed by atoms with Crippen LogP contribution < -0.4 is 0 Å². The van der Waals surface area contributed by atoms with Gasteiger partial charge in [-0.2, -0.15) is 0 Å². The summed E-state index contributed by atoms with van der Waals surface area (Å²) >= 11 is 9.35. The van der Waals surface area contributed by atoms with Crippen molar-refractivity contribution in [3.8, 4) is 0 Å². The van der Waals surface area contributed by atoms with Gasteiger partial charge in [0.2, 0.25) is 0 Å². The zero-order valence-corrected chi connectivity index (χ0v) is 11.4. The Hall–Kier alpha value is -0.800. The molecular formula is C12H12BrClO2. The molecule has 16 heavy (non-hydrogen) atoms. The Morgan fingerprint density at radius 2 is 2.25 bits per heavy atom. The molecule has 0 bridgehead atoms. The van der Waals surface area contributed by atoms with Gasteiger partial charge < -0.3 is 4.74 Å². The molecule has 0 radical (unpaired) electrons. The summed E-state index contributed by atoms with van der Waals surface area (Å²) in [7, 11) is 0. The number of esters is 1. The van der Waals surface area contributed by atoms with Crippen molar-refractivity contribution in [2.75, 3.05) is 6.61 Å². The van der Waals surface area contributed by atoms with Crippen molar-refractivity contribution in [1.82, 2.24) is 0 Å². The molecule has 0 aliphatic rings. The van der Waals surface area contributed by atoms with Crippen molar-refractivity contribution in [1.29, 1.82) is 0 Å². The number of carbonyl (C=O) groups is 1. The highest BCUT2D eigenvalue weighted by atomic mass is 79.9. The Bertz CT molecular complexity index is 427. The number of halogens is 2. The Labute approximate surface area is 108 Å². The monoisotopic (exact) mass is 302 g/mol. The van der Waals surface area contributed by atoms with E-state index < -0.39 is 0 Å². The summed E-state index contributed by atoms with van der Waals surface area (Å²) < 4.78 is 5.80. The van der Waals surface area contributed by atoms with E-state index in [2.05, 4.69) is 15.9 Å². The summed E-state index contributed by atoms with van der Waals surface area (Å²) in [6.07, 6.45) is 1.71. The molecule has 0 aromatic heterocycles. The van der Waals surface area contributed by atoms with Crippen LogP contribution in [-0.4, -0.2) is 12.6 Å². The lowest BCUT2D eigenvalue weighted by atomic mass is 10.1. The van der Waals surface area contributed by atoms with Crippen molar-refractivity contribution in [3.63, 3.8) is 0 Å². The van der Waals surface area contributed by atoms with E-state index in [-0.39, 0.29) is 5.97 Å². The molecule has 0 N–H and O–H groups in total. The van der Waals surface area contributed by atoms with Gasteiger partial charge in [0.25, 0.3) is 0 Å². The first kappa shape index (κ1) is 13.3. The zero-order valence-electron chi connectivity index (χ0n) is 9.09. The van der Waals surface area contributed by atoms with E-state index in [1.54, 1.807) is 26.0 Å². The van der Waals surface area contributed by atoms with Gasteiger partial charge in [-0.3, -0.25) is 0 Å². The van der Waals surface area contributed by atoms with Gasteiger partial charge in [0.1, 0.15) is 0 Å². The van der Waals surface area contributed by atoms with Crippen LogP contribution in [0.1, 0.15) is 19.4 Å². The average molecular weight is 304 g/mol. The van der Waals surface area contributed by atoms with Crippen LogP contribution in [0.15, 0.2) is 28.2 Å². The van der Waals surface area contributed by atoms with Gasteiger partial charge >= 0.3 is 5.97 Å². The highest BCUT2D eigenvalue weighted by molar-refractivity contribution is 9.10. The van der Waals surface area contributed by atoms with Crippen LogP contribution in [0.25, 0.3) is 6.08 Å². The van der Waals surface area contributed by atoms with Crippen LogP contribution in [0.2, 0.25) is 5.02 Å². The summed E-state index contributed by atoms with van der Waals surface area (Å²) in [6, 6.07) is 5.47. The standard InChI is InChI=1S/C12H12BrClO2/c1-3-16-12(15)8(2)6-9-7-10(13)4-5-11(9)14/h4-7H,3H2,1-2H3/b8-6+. The summed E-state index contributed by atoms with van der Waals surface area (Å²) in [5, 5.41) is 0.604. The average Bonchev–Trinajstić information content (AvgIpc) is 2.23. The molecule has 0 fully saturated rings. The minimum atomic E-state index is -0.321. The predicted molar refractivity (Wildman–Crippen MR) is 69.4 cm³/mol. The van der Waals surface area contributed by atoms with Crippen molar-refractivity contribution in [2.24, 2.45) is 0 Å². The molecule has 0 aliphatic heterocycles. The van der Waals surface area contributed by atoms with E-state index in [4.69, 9.17) is 16.3 Å². The van der Waals surface area contributed by atoms with Crippen molar-refractivity contribution in [2.45, 2.75) is 13.8 Å². The molecule has 1 aromatic carbocycles. The molecule has 1 rings (SSSR count). The van der Waals surface area contributed by atoms with Crippen molar-refractivity contribution >= 4 is 39.6 Å². The molecule has 0 saturated heterocycles. The number of hydrogen-bond donors (Lipinski definition) is 0. The second kappa shape index (κ2) is 6.06. The molecule has 1 aromatic rings. The molecule has 0 heterocycles. The van der Waals surface area contributed by atoms with Gasteiger partial charge in [-0.1, -0.05) is 27.5 Å². The molecule has 0 aliphatic carbocycles. The fourth-order valence-corrected chi connectivity index (χ4v) is 1.71. The van der Waals surface area contributed by atoms with Gasteiger partial charge in [-0.05, 0) is 43.7 Å². The largest absolute Gasteiger partial charge is 0.463 e. The van der Waals surface area contributed by atoms with Crippen LogP contribution in [0.3, 0.4) is 0 Å². The summed E-state index contributed by atoms with van der Waals surface area (Å²) in [4.78, 5) is 11.4. The smallest absolute Gasteiger partial charge is 0.333 e. The van der Waals surface area contributed by atoms with Crippen LogP contribution in [-0.2, 0) is 9.53 Å². The quantitative estimate of drug-likeness (QED) is 0.621. The predicted octanol–water partition coefficient (Wildman–Crippen LogP) is 4.07. The highest BCUT2D eigenvalue weighted by Gasteiger charge is 2.06. The second-order valence-corrected chi connectivity index (χ2v) is 4.54. The maximum Gasteiger partial charge on any atom is 0.333 e. The van der Waals surface area contributed by atoms with E-state index in [9.17, 15) is 4.79 Å². The van der Waals surface area contributed by atoms with Gasteiger partial charge in [-0.15, -0.1) is 0 Å². The number of rotatable bonds is 3. The molecule has 86 valence electrons. The van der Waals surface area contributed by atoms with Crippen LogP contribution >= 0.6 is 27.5 Å². The highest BCUT2D eigenvalue weighted by Crippen LogP contribution is 2.23. The molecule has 0 saturated carbocycles. The number of hydrogen-bond acceptors (Lipinski definition) is 2. The summed E-state index contributed by atoms with van der Waals surface area (Å²) in [5.41, 5.74) is 1.32. The van der Waals surface area contributed by atoms with Gasteiger partial charge in [0.05, 0.1) is 6.61 Å². The van der Waals surface area contributed by atoms with Crippen LogP contribution in [0.5, 0.6) is 0 Å². The van der Waals surface area contributed by atoms with Gasteiger partial charge in [-0.25, -0.2) is 4.79 Å². The third kappa shape index (κ3) is 3.65. The lowest BCUT2D eigenvalue weighted by Gasteiger charge is -2.03.